The quantitative estimate of drug-likeness (QED) is 0.243. The van der Waals surface area contributed by atoms with Crippen LogP contribution in [0.5, 0.6) is 0 Å². The van der Waals surface area contributed by atoms with Gasteiger partial charge < -0.3 is 26.0 Å². The first kappa shape index (κ1) is 25.0. The van der Waals surface area contributed by atoms with Gasteiger partial charge in [0, 0.05) is 30.7 Å². The molecule has 0 radical (unpaired) electrons. The van der Waals surface area contributed by atoms with Crippen LogP contribution in [-0.2, 0) is 11.3 Å². The molecule has 10 heteroatoms. The number of rotatable bonds is 8. The third kappa shape index (κ3) is 7.73. The Bertz CT molecular complexity index is 1190. The zero-order valence-electron chi connectivity index (χ0n) is 19.5. The first-order valence-corrected chi connectivity index (χ1v) is 11.4. The summed E-state index contributed by atoms with van der Waals surface area (Å²) >= 11 is 5.36. The Kier molecular flexibility index (Phi) is 8.42. The van der Waals surface area contributed by atoms with Crippen LogP contribution >= 0.6 is 12.2 Å². The van der Waals surface area contributed by atoms with Crippen LogP contribution in [0.4, 0.5) is 16.3 Å². The van der Waals surface area contributed by atoms with Crippen LogP contribution in [0.2, 0.25) is 0 Å². The third-order valence-electron chi connectivity index (χ3n) is 4.68. The van der Waals surface area contributed by atoms with Crippen LogP contribution in [0.25, 0.3) is 10.8 Å². The highest BCUT2D eigenvalue weighted by molar-refractivity contribution is 7.80. The molecule has 1 heterocycles. The van der Waals surface area contributed by atoms with Gasteiger partial charge in [-0.15, -0.1) is 0 Å². The molecule has 1 aromatic heterocycles. The van der Waals surface area contributed by atoms with E-state index in [4.69, 9.17) is 17.0 Å². The van der Waals surface area contributed by atoms with Crippen molar-refractivity contribution in [3.8, 4) is 0 Å². The topological polar surface area (TPSA) is 120 Å². The summed E-state index contributed by atoms with van der Waals surface area (Å²) in [6.45, 7) is 7.18. The Morgan fingerprint density at radius 3 is 2.44 bits per heavy atom. The van der Waals surface area contributed by atoms with Crippen LogP contribution in [0, 0.1) is 0 Å². The van der Waals surface area contributed by atoms with E-state index in [1.807, 2.05) is 63.2 Å². The smallest absolute Gasteiger partial charge is 0.407 e. The summed E-state index contributed by atoms with van der Waals surface area (Å²) in [6.07, 6.45) is 0.353. The number of alkyl carbamates (subject to hydrolysis) is 1. The molecule has 0 aliphatic carbocycles. The SMILES string of the molecule is CC(C)(C)OC(=O)NCc1ccc(NC(=S)NCCCNc2n[nH]c(=O)c3ccccc23)cc1. The van der Waals surface area contributed by atoms with Gasteiger partial charge in [0.2, 0.25) is 0 Å². The first-order chi connectivity index (χ1) is 16.2. The van der Waals surface area contributed by atoms with Crippen LogP contribution in [0.15, 0.2) is 53.3 Å². The maximum Gasteiger partial charge on any atom is 0.407 e. The number of aromatic nitrogens is 2. The van der Waals surface area contributed by atoms with Crippen molar-refractivity contribution in [1.82, 2.24) is 20.8 Å². The lowest BCUT2D eigenvalue weighted by atomic mass is 10.2. The van der Waals surface area contributed by atoms with Gasteiger partial charge >= 0.3 is 6.09 Å². The number of ether oxygens (including phenoxy) is 1. The van der Waals surface area contributed by atoms with Gasteiger partial charge in [-0.05, 0) is 63.2 Å². The average molecular weight is 483 g/mol. The maximum atomic E-state index is 11.9. The second kappa shape index (κ2) is 11.5. The monoisotopic (exact) mass is 482 g/mol. The van der Waals surface area contributed by atoms with Gasteiger partial charge in [-0.1, -0.05) is 30.3 Å². The van der Waals surface area contributed by atoms with Crippen molar-refractivity contribution in [1.29, 1.82) is 0 Å². The van der Waals surface area contributed by atoms with E-state index in [-0.39, 0.29) is 5.56 Å². The Hall–Kier alpha value is -3.66. The standard InChI is InChI=1S/C24H30N6O3S/c1-24(2,3)33-23(32)27-15-16-9-11-17(12-10-16)28-22(34)26-14-6-13-25-20-18-7-4-5-8-19(18)21(31)30-29-20/h4-5,7-12H,6,13-15H2,1-3H3,(H,25,29)(H,27,32)(H,30,31)(H2,26,28,34). The number of aromatic amines is 1. The summed E-state index contributed by atoms with van der Waals surface area (Å²) in [5, 5.41) is 20.8. The Morgan fingerprint density at radius 2 is 1.74 bits per heavy atom. The molecular weight excluding hydrogens is 452 g/mol. The summed E-state index contributed by atoms with van der Waals surface area (Å²) in [6, 6.07) is 15.0. The molecule has 2 aromatic carbocycles. The molecule has 180 valence electrons. The van der Waals surface area contributed by atoms with E-state index in [2.05, 4.69) is 31.5 Å². The zero-order chi connectivity index (χ0) is 24.6. The van der Waals surface area contributed by atoms with Crippen LogP contribution in [-0.4, -0.2) is 40.1 Å². The Labute approximate surface area is 203 Å². The van der Waals surface area contributed by atoms with Crippen LogP contribution < -0.4 is 26.8 Å². The molecule has 0 unspecified atom stereocenters. The highest BCUT2D eigenvalue weighted by atomic mass is 32.1. The minimum Gasteiger partial charge on any atom is -0.444 e. The van der Waals surface area contributed by atoms with Crippen molar-refractivity contribution in [2.75, 3.05) is 23.7 Å². The molecule has 0 spiro atoms. The molecule has 0 bridgehead atoms. The number of hydrogen-bond donors (Lipinski definition) is 5. The molecule has 1 amide bonds. The molecule has 0 saturated heterocycles. The first-order valence-electron chi connectivity index (χ1n) is 11.0. The lowest BCUT2D eigenvalue weighted by Gasteiger charge is -2.19. The highest BCUT2D eigenvalue weighted by Gasteiger charge is 2.15. The minimum atomic E-state index is -0.524. The molecule has 9 nitrogen and oxygen atoms in total. The minimum absolute atomic E-state index is 0.202. The van der Waals surface area contributed by atoms with E-state index in [0.29, 0.717) is 36.0 Å². The number of carbonyl (C=O) groups is 1. The number of amides is 1. The number of carbonyl (C=O) groups excluding carboxylic acids is 1. The summed E-state index contributed by atoms with van der Waals surface area (Å²) in [5.74, 6) is 0.650. The number of nitrogens with zero attached hydrogens (tertiary/aromatic N) is 1. The maximum absolute atomic E-state index is 11.9. The van der Waals surface area contributed by atoms with Gasteiger partial charge in [0.15, 0.2) is 10.9 Å². The van der Waals surface area contributed by atoms with Gasteiger partial charge in [0.05, 0.1) is 5.39 Å². The fraction of sp³-hybridized carbons (Fsp3) is 0.333. The molecule has 34 heavy (non-hydrogen) atoms. The van der Waals surface area contributed by atoms with E-state index in [0.717, 1.165) is 23.1 Å². The second-order valence-electron chi connectivity index (χ2n) is 8.66. The average Bonchev–Trinajstić information content (AvgIpc) is 2.79. The molecular formula is C24H30N6O3S. The predicted molar refractivity (Wildman–Crippen MR) is 139 cm³/mol. The Balaban J connectivity index is 1.36. The number of nitrogens with one attached hydrogen (secondary N) is 5. The van der Waals surface area contributed by atoms with Crippen molar-refractivity contribution < 1.29 is 9.53 Å². The number of anilines is 2. The van der Waals surface area contributed by atoms with Gasteiger partial charge in [-0.3, -0.25) is 4.79 Å². The molecule has 0 aliphatic heterocycles. The number of hydrogen-bond acceptors (Lipinski definition) is 6. The van der Waals surface area contributed by atoms with Crippen molar-refractivity contribution in [3.05, 3.63) is 64.4 Å². The van der Waals surface area contributed by atoms with E-state index in [9.17, 15) is 9.59 Å². The van der Waals surface area contributed by atoms with Gasteiger partial charge in [-0.2, -0.15) is 5.10 Å². The fourth-order valence-corrected chi connectivity index (χ4v) is 3.34. The molecule has 3 aromatic rings. The van der Waals surface area contributed by atoms with Crippen molar-refractivity contribution in [3.63, 3.8) is 0 Å². The number of H-pyrrole nitrogens is 1. The summed E-state index contributed by atoms with van der Waals surface area (Å²) < 4.78 is 5.23. The van der Waals surface area contributed by atoms with Gasteiger partial charge in [0.1, 0.15) is 5.60 Å². The van der Waals surface area contributed by atoms with Gasteiger partial charge in [0.25, 0.3) is 5.56 Å². The number of fused-ring (bicyclic) bond motifs is 1. The van der Waals surface area contributed by atoms with Crippen molar-refractivity contribution >= 4 is 45.7 Å². The summed E-state index contributed by atoms with van der Waals surface area (Å²) in [4.78, 5) is 23.6. The van der Waals surface area contributed by atoms with Crippen molar-refractivity contribution in [2.24, 2.45) is 0 Å². The predicted octanol–water partition coefficient (Wildman–Crippen LogP) is 3.74. The van der Waals surface area contributed by atoms with E-state index >= 15 is 0 Å². The fourth-order valence-electron chi connectivity index (χ4n) is 3.12. The highest BCUT2D eigenvalue weighted by Crippen LogP contribution is 2.16. The molecule has 3 rings (SSSR count). The zero-order valence-corrected chi connectivity index (χ0v) is 20.3. The number of benzene rings is 2. The van der Waals surface area contributed by atoms with Crippen LogP contribution in [0.3, 0.4) is 0 Å². The van der Waals surface area contributed by atoms with E-state index in [1.54, 1.807) is 6.07 Å². The molecule has 5 N–H and O–H groups in total. The molecule has 0 saturated carbocycles. The number of thiocarbonyl (C=S) groups is 1. The molecule has 0 atom stereocenters. The van der Waals surface area contributed by atoms with Gasteiger partial charge in [-0.25, -0.2) is 9.89 Å². The van der Waals surface area contributed by atoms with E-state index < -0.39 is 11.7 Å². The molecule has 0 fully saturated rings. The van der Waals surface area contributed by atoms with Crippen molar-refractivity contribution in [2.45, 2.75) is 39.3 Å². The molecule has 0 aliphatic rings. The van der Waals surface area contributed by atoms with E-state index in [1.165, 1.54) is 0 Å². The lowest BCUT2D eigenvalue weighted by Crippen LogP contribution is -2.32. The lowest BCUT2D eigenvalue weighted by molar-refractivity contribution is 0.0523. The second-order valence-corrected chi connectivity index (χ2v) is 9.07. The Morgan fingerprint density at radius 1 is 1.03 bits per heavy atom. The largest absolute Gasteiger partial charge is 0.444 e. The van der Waals surface area contributed by atoms with Crippen LogP contribution in [0.1, 0.15) is 32.8 Å². The normalized spacial score (nSPS) is 11.0. The summed E-state index contributed by atoms with van der Waals surface area (Å²) in [5.41, 5.74) is 1.07. The third-order valence-corrected chi connectivity index (χ3v) is 4.92. The summed E-state index contributed by atoms with van der Waals surface area (Å²) in [7, 11) is 0.